The van der Waals surface area contributed by atoms with Crippen molar-refractivity contribution in [3.63, 3.8) is 0 Å². The SMILES string of the molecule is CC(O)CNC(=O)c1cccc(OCC(=O)NC2CC2)c1. The highest BCUT2D eigenvalue weighted by Crippen LogP contribution is 2.18. The van der Waals surface area contributed by atoms with Crippen molar-refractivity contribution in [1.29, 1.82) is 0 Å². The van der Waals surface area contributed by atoms with E-state index in [1.54, 1.807) is 31.2 Å². The maximum Gasteiger partial charge on any atom is 0.258 e. The molecule has 6 heteroatoms. The van der Waals surface area contributed by atoms with Crippen LogP contribution in [0.1, 0.15) is 30.1 Å². The summed E-state index contributed by atoms with van der Waals surface area (Å²) in [5, 5.41) is 14.6. The summed E-state index contributed by atoms with van der Waals surface area (Å²) in [6.45, 7) is 1.72. The first-order chi connectivity index (χ1) is 10.0. The van der Waals surface area contributed by atoms with Gasteiger partial charge in [-0.2, -0.15) is 0 Å². The molecule has 2 amide bonds. The monoisotopic (exact) mass is 292 g/mol. The van der Waals surface area contributed by atoms with E-state index in [0.29, 0.717) is 17.4 Å². The number of benzene rings is 1. The number of hydrogen-bond donors (Lipinski definition) is 3. The Morgan fingerprint density at radius 3 is 2.86 bits per heavy atom. The third-order valence-electron chi connectivity index (χ3n) is 2.97. The van der Waals surface area contributed by atoms with Crippen molar-refractivity contribution >= 4 is 11.8 Å². The van der Waals surface area contributed by atoms with Crippen molar-refractivity contribution in [3.8, 4) is 5.75 Å². The van der Waals surface area contributed by atoms with Crippen molar-refractivity contribution in [3.05, 3.63) is 29.8 Å². The third-order valence-corrected chi connectivity index (χ3v) is 2.97. The highest BCUT2D eigenvalue weighted by molar-refractivity contribution is 5.94. The normalized spacial score (nSPS) is 15.1. The Morgan fingerprint density at radius 1 is 1.43 bits per heavy atom. The first-order valence-electron chi connectivity index (χ1n) is 7.03. The lowest BCUT2D eigenvalue weighted by Gasteiger charge is -2.09. The molecule has 0 bridgehead atoms. The van der Waals surface area contributed by atoms with Gasteiger partial charge in [0.1, 0.15) is 5.75 Å². The number of aliphatic hydroxyl groups is 1. The Hall–Kier alpha value is -2.08. The van der Waals surface area contributed by atoms with Gasteiger partial charge >= 0.3 is 0 Å². The molecule has 0 radical (unpaired) electrons. The van der Waals surface area contributed by atoms with E-state index >= 15 is 0 Å². The minimum atomic E-state index is -0.598. The lowest BCUT2D eigenvalue weighted by Crippen LogP contribution is -2.31. The second kappa shape index (κ2) is 7.08. The van der Waals surface area contributed by atoms with Crippen molar-refractivity contribution in [1.82, 2.24) is 10.6 Å². The summed E-state index contributed by atoms with van der Waals surface area (Å²) in [7, 11) is 0. The zero-order chi connectivity index (χ0) is 15.2. The second-order valence-corrected chi connectivity index (χ2v) is 5.22. The molecule has 1 aromatic rings. The van der Waals surface area contributed by atoms with Crippen LogP contribution >= 0.6 is 0 Å². The Kier molecular flexibility index (Phi) is 5.16. The van der Waals surface area contributed by atoms with E-state index < -0.39 is 6.10 Å². The number of nitrogens with one attached hydrogen (secondary N) is 2. The Balaban J connectivity index is 1.84. The van der Waals surface area contributed by atoms with Crippen LogP contribution in [0.3, 0.4) is 0 Å². The number of aliphatic hydroxyl groups excluding tert-OH is 1. The highest BCUT2D eigenvalue weighted by atomic mass is 16.5. The molecule has 0 spiro atoms. The van der Waals surface area contributed by atoms with E-state index in [1.165, 1.54) is 0 Å². The number of carbonyl (C=O) groups excluding carboxylic acids is 2. The molecule has 0 aromatic heterocycles. The largest absolute Gasteiger partial charge is 0.484 e. The number of hydrogen-bond acceptors (Lipinski definition) is 4. The lowest BCUT2D eigenvalue weighted by atomic mass is 10.2. The molecule has 21 heavy (non-hydrogen) atoms. The highest BCUT2D eigenvalue weighted by Gasteiger charge is 2.23. The van der Waals surface area contributed by atoms with Crippen LogP contribution in [0.5, 0.6) is 5.75 Å². The van der Waals surface area contributed by atoms with Gasteiger partial charge < -0.3 is 20.5 Å². The Bertz CT molecular complexity index is 512. The number of rotatable bonds is 7. The molecule has 114 valence electrons. The quantitative estimate of drug-likeness (QED) is 0.681. The average molecular weight is 292 g/mol. The van der Waals surface area contributed by atoms with Crippen LogP contribution in [0.2, 0.25) is 0 Å². The standard InChI is InChI=1S/C15H20N2O4/c1-10(18)8-16-15(20)11-3-2-4-13(7-11)21-9-14(19)17-12-5-6-12/h2-4,7,10,12,18H,5-6,8-9H2,1H3,(H,16,20)(H,17,19). The predicted molar refractivity (Wildman–Crippen MR) is 77.1 cm³/mol. The van der Waals surface area contributed by atoms with Crippen molar-refractivity contribution in [2.45, 2.75) is 31.9 Å². The molecular weight excluding hydrogens is 272 g/mol. The first kappa shape index (κ1) is 15.3. The van der Waals surface area contributed by atoms with E-state index in [2.05, 4.69) is 10.6 Å². The molecular formula is C15H20N2O4. The number of ether oxygens (including phenoxy) is 1. The van der Waals surface area contributed by atoms with Gasteiger partial charge in [-0.15, -0.1) is 0 Å². The molecule has 1 unspecified atom stereocenters. The summed E-state index contributed by atoms with van der Waals surface area (Å²) in [5.41, 5.74) is 0.427. The zero-order valence-corrected chi connectivity index (χ0v) is 12.0. The summed E-state index contributed by atoms with van der Waals surface area (Å²) in [5.74, 6) is 0.0240. The Labute approximate surface area is 123 Å². The fraction of sp³-hybridized carbons (Fsp3) is 0.467. The first-order valence-corrected chi connectivity index (χ1v) is 7.03. The van der Waals surface area contributed by atoms with Crippen LogP contribution in [-0.2, 0) is 4.79 Å². The van der Waals surface area contributed by atoms with E-state index in [-0.39, 0.29) is 25.0 Å². The van der Waals surface area contributed by atoms with Gasteiger partial charge in [-0.25, -0.2) is 0 Å². The summed E-state index contributed by atoms with van der Waals surface area (Å²) < 4.78 is 5.37. The van der Waals surface area contributed by atoms with E-state index in [1.807, 2.05) is 0 Å². The molecule has 1 aliphatic carbocycles. The van der Waals surface area contributed by atoms with Crippen LogP contribution < -0.4 is 15.4 Å². The van der Waals surface area contributed by atoms with Crippen molar-refractivity contribution in [2.75, 3.05) is 13.2 Å². The second-order valence-electron chi connectivity index (χ2n) is 5.22. The van der Waals surface area contributed by atoms with Crippen molar-refractivity contribution in [2.24, 2.45) is 0 Å². The molecule has 1 aliphatic rings. The molecule has 1 fully saturated rings. The van der Waals surface area contributed by atoms with Gasteiger partial charge in [0.25, 0.3) is 11.8 Å². The Morgan fingerprint density at radius 2 is 2.19 bits per heavy atom. The van der Waals surface area contributed by atoms with Crippen LogP contribution in [0.25, 0.3) is 0 Å². The molecule has 1 saturated carbocycles. The molecule has 0 saturated heterocycles. The third kappa shape index (κ3) is 5.43. The van der Waals surface area contributed by atoms with Gasteiger partial charge in [0.05, 0.1) is 6.10 Å². The molecule has 6 nitrogen and oxygen atoms in total. The number of amides is 2. The summed E-state index contributed by atoms with van der Waals surface area (Å²) in [6.07, 6.45) is 1.47. The minimum Gasteiger partial charge on any atom is -0.484 e. The van der Waals surface area contributed by atoms with Gasteiger partial charge in [-0.1, -0.05) is 6.07 Å². The van der Waals surface area contributed by atoms with Crippen LogP contribution in [0.15, 0.2) is 24.3 Å². The smallest absolute Gasteiger partial charge is 0.258 e. The van der Waals surface area contributed by atoms with Crippen molar-refractivity contribution < 1.29 is 19.4 Å². The molecule has 0 aliphatic heterocycles. The van der Waals surface area contributed by atoms with Gasteiger partial charge in [0.15, 0.2) is 6.61 Å². The van der Waals surface area contributed by atoms with Gasteiger partial charge in [-0.05, 0) is 38.0 Å². The minimum absolute atomic E-state index is 0.0603. The van der Waals surface area contributed by atoms with Crippen LogP contribution in [-0.4, -0.2) is 42.2 Å². The molecule has 1 atom stereocenters. The van der Waals surface area contributed by atoms with Crippen LogP contribution in [0, 0.1) is 0 Å². The average Bonchev–Trinajstić information content (AvgIpc) is 3.26. The fourth-order valence-corrected chi connectivity index (χ4v) is 1.72. The van der Waals surface area contributed by atoms with E-state index in [0.717, 1.165) is 12.8 Å². The zero-order valence-electron chi connectivity index (χ0n) is 12.0. The van der Waals surface area contributed by atoms with E-state index in [9.17, 15) is 9.59 Å². The molecule has 0 heterocycles. The van der Waals surface area contributed by atoms with Crippen LogP contribution in [0.4, 0.5) is 0 Å². The van der Waals surface area contributed by atoms with Gasteiger partial charge in [-0.3, -0.25) is 9.59 Å². The van der Waals surface area contributed by atoms with Gasteiger partial charge in [0.2, 0.25) is 0 Å². The lowest BCUT2D eigenvalue weighted by molar-refractivity contribution is -0.123. The molecule has 2 rings (SSSR count). The maximum absolute atomic E-state index is 11.8. The maximum atomic E-state index is 11.8. The summed E-state index contributed by atoms with van der Waals surface area (Å²) in [6, 6.07) is 6.90. The van der Waals surface area contributed by atoms with E-state index in [4.69, 9.17) is 9.84 Å². The molecule has 1 aromatic carbocycles. The fourth-order valence-electron chi connectivity index (χ4n) is 1.72. The summed E-state index contributed by atoms with van der Waals surface area (Å²) in [4.78, 5) is 23.4. The predicted octanol–water partition coefficient (Wildman–Crippen LogP) is 0.455. The van der Waals surface area contributed by atoms with Gasteiger partial charge in [0, 0.05) is 18.2 Å². The number of carbonyl (C=O) groups is 2. The molecule has 3 N–H and O–H groups in total. The topological polar surface area (TPSA) is 87.7 Å². The summed E-state index contributed by atoms with van der Waals surface area (Å²) >= 11 is 0.